The van der Waals surface area contributed by atoms with E-state index in [0.29, 0.717) is 19.3 Å². The van der Waals surface area contributed by atoms with Gasteiger partial charge in [0.2, 0.25) is 0 Å². The highest BCUT2D eigenvalue weighted by Gasteiger charge is 2.19. The number of unbranched alkanes of at least 4 members (excludes halogenated alkanes) is 30. The minimum atomic E-state index is -0.773. The molecule has 6 nitrogen and oxygen atoms in total. The summed E-state index contributed by atoms with van der Waals surface area (Å²) < 4.78 is 16.7. The normalized spacial score (nSPS) is 12.1. The van der Waals surface area contributed by atoms with Gasteiger partial charge in [0.25, 0.3) is 0 Å². The molecule has 0 spiro atoms. The molecule has 0 bridgehead atoms. The van der Waals surface area contributed by atoms with Crippen LogP contribution < -0.4 is 0 Å². The highest BCUT2D eigenvalue weighted by Crippen LogP contribution is 2.15. The standard InChI is InChI=1S/C51H94O6/c1-4-7-10-13-16-19-22-25-26-27-30-32-35-38-41-44-50(53)56-47-48(57-51(54)45-42-39-36-33-29-24-21-18-15-12-9-6-3)46-55-49(52)43-40-37-34-31-28-23-20-17-14-11-8-5-2/h18,21,25-26,48H,4-17,19-20,22-24,27-47H2,1-3H3/b21-18-,26-25-/t48-/m1/s1. The van der Waals surface area contributed by atoms with Crippen LogP contribution in [0, 0.1) is 0 Å². The molecule has 6 heteroatoms. The Morgan fingerprint density at radius 3 is 0.912 bits per heavy atom. The minimum Gasteiger partial charge on any atom is -0.462 e. The van der Waals surface area contributed by atoms with Crippen LogP contribution in [0.15, 0.2) is 24.3 Å². The summed E-state index contributed by atoms with van der Waals surface area (Å²) >= 11 is 0. The van der Waals surface area contributed by atoms with Gasteiger partial charge in [0.1, 0.15) is 13.2 Å². The smallest absolute Gasteiger partial charge is 0.306 e. The molecule has 0 saturated carbocycles. The maximum absolute atomic E-state index is 12.7. The predicted molar refractivity (Wildman–Crippen MR) is 243 cm³/mol. The zero-order valence-electron chi connectivity index (χ0n) is 38.1. The van der Waals surface area contributed by atoms with Gasteiger partial charge < -0.3 is 14.2 Å². The van der Waals surface area contributed by atoms with Crippen LogP contribution >= 0.6 is 0 Å². The summed E-state index contributed by atoms with van der Waals surface area (Å²) in [6, 6.07) is 0. The number of esters is 3. The van der Waals surface area contributed by atoms with E-state index in [1.807, 2.05) is 0 Å². The van der Waals surface area contributed by atoms with E-state index in [1.165, 1.54) is 154 Å². The Balaban J connectivity index is 4.36. The second-order valence-electron chi connectivity index (χ2n) is 16.7. The van der Waals surface area contributed by atoms with Crippen molar-refractivity contribution >= 4 is 17.9 Å². The number of hydrogen-bond donors (Lipinski definition) is 0. The van der Waals surface area contributed by atoms with E-state index in [-0.39, 0.29) is 31.1 Å². The molecule has 334 valence electrons. The van der Waals surface area contributed by atoms with Gasteiger partial charge in [0, 0.05) is 19.3 Å². The lowest BCUT2D eigenvalue weighted by molar-refractivity contribution is -0.167. The van der Waals surface area contributed by atoms with Crippen LogP contribution in [0.3, 0.4) is 0 Å². The number of ether oxygens (including phenoxy) is 3. The first-order valence-electron chi connectivity index (χ1n) is 24.8. The van der Waals surface area contributed by atoms with Gasteiger partial charge in [0.15, 0.2) is 6.10 Å². The van der Waals surface area contributed by atoms with E-state index in [9.17, 15) is 14.4 Å². The lowest BCUT2D eigenvalue weighted by Gasteiger charge is -2.18. The molecule has 0 fully saturated rings. The van der Waals surface area contributed by atoms with Crippen molar-refractivity contribution < 1.29 is 28.6 Å². The summed E-state index contributed by atoms with van der Waals surface area (Å²) in [7, 11) is 0. The first kappa shape index (κ1) is 54.9. The van der Waals surface area contributed by atoms with Crippen molar-refractivity contribution in [1.29, 1.82) is 0 Å². The number of carbonyl (C=O) groups excluding carboxylic acids is 3. The Bertz CT molecular complexity index is 927. The van der Waals surface area contributed by atoms with E-state index in [2.05, 4.69) is 45.1 Å². The summed E-state index contributed by atoms with van der Waals surface area (Å²) in [6.45, 7) is 6.61. The summed E-state index contributed by atoms with van der Waals surface area (Å²) in [5.74, 6) is -0.883. The molecule has 0 radical (unpaired) electrons. The SMILES string of the molecule is CCCCC/C=C\CCCCCCCC(=O)O[C@@H](COC(=O)CCCCCCC/C=C\CCCCCCCC)COC(=O)CCCCCCCCCCCCCC. The minimum absolute atomic E-state index is 0.0739. The molecule has 0 aromatic carbocycles. The summed E-state index contributed by atoms with van der Waals surface area (Å²) in [4.78, 5) is 37.8. The molecule has 0 unspecified atom stereocenters. The topological polar surface area (TPSA) is 78.9 Å². The average molecular weight is 803 g/mol. The van der Waals surface area contributed by atoms with Gasteiger partial charge in [-0.15, -0.1) is 0 Å². The molecular weight excluding hydrogens is 709 g/mol. The quantitative estimate of drug-likeness (QED) is 0.0264. The van der Waals surface area contributed by atoms with Gasteiger partial charge >= 0.3 is 17.9 Å². The van der Waals surface area contributed by atoms with E-state index in [0.717, 1.165) is 70.6 Å². The largest absolute Gasteiger partial charge is 0.462 e. The Morgan fingerprint density at radius 2 is 0.579 bits per heavy atom. The van der Waals surface area contributed by atoms with Crippen molar-refractivity contribution in [3.8, 4) is 0 Å². The number of rotatable bonds is 45. The third kappa shape index (κ3) is 44.8. The third-order valence-electron chi connectivity index (χ3n) is 10.9. The van der Waals surface area contributed by atoms with Gasteiger partial charge in [0.05, 0.1) is 0 Å². The van der Waals surface area contributed by atoms with Crippen LogP contribution in [-0.4, -0.2) is 37.2 Å². The lowest BCUT2D eigenvalue weighted by Crippen LogP contribution is -2.30. The van der Waals surface area contributed by atoms with Crippen LogP contribution in [0.1, 0.15) is 265 Å². The Hall–Kier alpha value is -2.11. The van der Waals surface area contributed by atoms with Gasteiger partial charge in [-0.25, -0.2) is 0 Å². The van der Waals surface area contributed by atoms with Gasteiger partial charge in [-0.3, -0.25) is 14.4 Å². The fourth-order valence-electron chi connectivity index (χ4n) is 7.14. The molecule has 57 heavy (non-hydrogen) atoms. The van der Waals surface area contributed by atoms with Crippen LogP contribution in [0.2, 0.25) is 0 Å². The molecule has 0 aliphatic heterocycles. The van der Waals surface area contributed by atoms with Crippen LogP contribution in [0.4, 0.5) is 0 Å². The summed E-state index contributed by atoms with van der Waals surface area (Å²) in [5.41, 5.74) is 0. The Labute approximate surface area is 353 Å². The summed E-state index contributed by atoms with van der Waals surface area (Å²) in [6.07, 6.45) is 51.5. The van der Waals surface area contributed by atoms with Crippen molar-refractivity contribution in [2.75, 3.05) is 13.2 Å². The second-order valence-corrected chi connectivity index (χ2v) is 16.7. The third-order valence-corrected chi connectivity index (χ3v) is 10.9. The monoisotopic (exact) mass is 803 g/mol. The van der Waals surface area contributed by atoms with Crippen LogP contribution in [-0.2, 0) is 28.6 Å². The van der Waals surface area contributed by atoms with Gasteiger partial charge in [-0.1, -0.05) is 199 Å². The lowest BCUT2D eigenvalue weighted by atomic mass is 10.0. The number of carbonyl (C=O) groups is 3. The first-order chi connectivity index (χ1) is 28.0. The molecule has 0 aromatic rings. The van der Waals surface area contributed by atoms with E-state index >= 15 is 0 Å². The molecule has 0 rings (SSSR count). The van der Waals surface area contributed by atoms with Gasteiger partial charge in [-0.05, 0) is 70.6 Å². The van der Waals surface area contributed by atoms with Crippen LogP contribution in [0.5, 0.6) is 0 Å². The van der Waals surface area contributed by atoms with Gasteiger partial charge in [-0.2, -0.15) is 0 Å². The second kappa shape index (κ2) is 46.6. The molecule has 0 aliphatic rings. The fraction of sp³-hybridized carbons (Fsp3) is 0.863. The first-order valence-corrected chi connectivity index (χ1v) is 24.8. The van der Waals surface area contributed by atoms with E-state index in [4.69, 9.17) is 14.2 Å². The highest BCUT2D eigenvalue weighted by molar-refractivity contribution is 5.71. The van der Waals surface area contributed by atoms with Crippen molar-refractivity contribution in [1.82, 2.24) is 0 Å². The number of hydrogen-bond acceptors (Lipinski definition) is 6. The maximum atomic E-state index is 12.7. The molecule has 0 N–H and O–H groups in total. The van der Waals surface area contributed by atoms with Crippen molar-refractivity contribution in [3.63, 3.8) is 0 Å². The molecule has 0 heterocycles. The molecule has 0 aliphatic carbocycles. The van der Waals surface area contributed by atoms with E-state index < -0.39 is 6.10 Å². The molecule has 1 atom stereocenters. The van der Waals surface area contributed by atoms with Crippen LogP contribution in [0.25, 0.3) is 0 Å². The molecule has 0 amide bonds. The predicted octanol–water partition coefficient (Wildman–Crippen LogP) is 16.0. The van der Waals surface area contributed by atoms with Crippen molar-refractivity contribution in [2.24, 2.45) is 0 Å². The Morgan fingerprint density at radius 1 is 0.333 bits per heavy atom. The fourth-order valence-corrected chi connectivity index (χ4v) is 7.14. The van der Waals surface area contributed by atoms with E-state index in [1.54, 1.807) is 0 Å². The van der Waals surface area contributed by atoms with Crippen molar-refractivity contribution in [3.05, 3.63) is 24.3 Å². The van der Waals surface area contributed by atoms with Crippen molar-refractivity contribution in [2.45, 2.75) is 271 Å². The average Bonchev–Trinajstić information content (AvgIpc) is 3.21. The molecule has 0 aromatic heterocycles. The number of allylic oxidation sites excluding steroid dienone is 4. The highest BCUT2D eigenvalue weighted by atomic mass is 16.6. The maximum Gasteiger partial charge on any atom is 0.306 e. The zero-order chi connectivity index (χ0) is 41.5. The summed E-state index contributed by atoms with van der Waals surface area (Å²) in [5, 5.41) is 0. The molecule has 0 saturated heterocycles. The zero-order valence-corrected chi connectivity index (χ0v) is 38.1. The molecular formula is C51H94O6. The Kier molecular flexibility index (Phi) is 44.9.